The Bertz CT molecular complexity index is 998. The van der Waals surface area contributed by atoms with E-state index in [0.717, 1.165) is 5.56 Å². The molecule has 172 valence electrons. The van der Waals surface area contributed by atoms with E-state index in [-0.39, 0.29) is 18.5 Å². The van der Waals surface area contributed by atoms with E-state index in [2.05, 4.69) is 6.58 Å². The molecule has 1 aliphatic heterocycles. The fourth-order valence-corrected chi connectivity index (χ4v) is 5.65. The van der Waals surface area contributed by atoms with E-state index in [0.29, 0.717) is 29.4 Å². The molecule has 8 heteroatoms. The molecule has 1 aromatic rings. The molecule has 4 rings (SSSR count). The highest BCUT2D eigenvalue weighted by atomic mass is 16.7. The van der Waals surface area contributed by atoms with Crippen molar-refractivity contribution >= 4 is 11.8 Å². The predicted molar refractivity (Wildman–Crippen MR) is 114 cm³/mol. The molecule has 1 fully saturated rings. The van der Waals surface area contributed by atoms with Crippen molar-refractivity contribution in [1.29, 1.82) is 0 Å². The first-order valence-electron chi connectivity index (χ1n) is 10.4. The number of hydrogen-bond donors (Lipinski definition) is 0. The molecule has 5 atom stereocenters. The van der Waals surface area contributed by atoms with Gasteiger partial charge in [0.05, 0.1) is 19.6 Å². The van der Waals surface area contributed by atoms with Crippen LogP contribution < -0.4 is 14.2 Å². The van der Waals surface area contributed by atoms with Crippen LogP contribution in [0.2, 0.25) is 0 Å². The van der Waals surface area contributed by atoms with Gasteiger partial charge in [-0.2, -0.15) is 0 Å². The molecular weight excluding hydrogens is 416 g/mol. The van der Waals surface area contributed by atoms with E-state index in [1.807, 2.05) is 19.1 Å². The molecule has 1 heterocycles. The van der Waals surface area contributed by atoms with E-state index >= 15 is 0 Å². The van der Waals surface area contributed by atoms with Crippen molar-refractivity contribution in [1.82, 2.24) is 0 Å². The Balaban J connectivity index is 1.99. The summed E-state index contributed by atoms with van der Waals surface area (Å²) in [6.45, 7) is 7.23. The third kappa shape index (κ3) is 2.78. The first-order chi connectivity index (χ1) is 15.3. The van der Waals surface area contributed by atoms with Gasteiger partial charge in [0.15, 0.2) is 29.0 Å². The molecule has 3 aliphatic rings. The molecule has 0 N–H and O–H groups in total. The topological polar surface area (TPSA) is 89.5 Å². The minimum atomic E-state index is -1.51. The number of Topliss-reactive ketones (excluding diaryl/α,β-unsaturated/α-hetero) is 1. The lowest BCUT2D eigenvalue weighted by Crippen LogP contribution is -2.58. The number of ketones is 1. The lowest BCUT2D eigenvalue weighted by atomic mass is 9.70. The van der Waals surface area contributed by atoms with Crippen molar-refractivity contribution in [3.8, 4) is 17.2 Å². The van der Waals surface area contributed by atoms with Crippen LogP contribution in [0.1, 0.15) is 31.7 Å². The van der Waals surface area contributed by atoms with Crippen LogP contribution in [0.3, 0.4) is 0 Å². The van der Waals surface area contributed by atoms with Gasteiger partial charge >= 0.3 is 5.97 Å². The lowest BCUT2D eigenvalue weighted by molar-refractivity contribution is -0.177. The standard InChI is InChI=1S/C24H28O8/c1-7-8-23-11-18(28-5)21(32-14(3)25)24(29-6,22(23)26)19(13(23)2)15-9-16(27-4)20-17(10-15)30-12-31-20/h7,9-11,13,19,21H,1,8,12H2,2-6H3/t13-,19+,21+,23+,24-/m0/s1. The van der Waals surface area contributed by atoms with Gasteiger partial charge in [0.1, 0.15) is 5.76 Å². The van der Waals surface area contributed by atoms with Crippen LogP contribution in [-0.2, 0) is 23.8 Å². The minimum Gasteiger partial charge on any atom is -0.497 e. The largest absolute Gasteiger partial charge is 0.497 e. The summed E-state index contributed by atoms with van der Waals surface area (Å²) in [5.74, 6) is 0.438. The molecule has 2 bridgehead atoms. The van der Waals surface area contributed by atoms with E-state index in [4.69, 9.17) is 28.4 Å². The minimum absolute atomic E-state index is 0.0789. The average molecular weight is 444 g/mol. The Hall–Kier alpha value is -3.00. The molecule has 0 saturated heterocycles. The summed E-state index contributed by atoms with van der Waals surface area (Å²) in [6.07, 6.45) is 2.83. The number of hydrogen-bond acceptors (Lipinski definition) is 8. The zero-order valence-corrected chi connectivity index (χ0v) is 18.9. The molecule has 0 spiro atoms. The highest BCUT2D eigenvalue weighted by molar-refractivity contribution is 6.01. The second kappa shape index (κ2) is 7.85. The molecule has 2 aliphatic carbocycles. The number of esters is 1. The molecule has 0 aromatic heterocycles. The van der Waals surface area contributed by atoms with Gasteiger partial charge in [-0.25, -0.2) is 0 Å². The quantitative estimate of drug-likeness (QED) is 0.468. The van der Waals surface area contributed by atoms with Gasteiger partial charge < -0.3 is 28.4 Å². The number of fused-ring (bicyclic) bond motifs is 3. The van der Waals surface area contributed by atoms with Crippen molar-refractivity contribution in [3.63, 3.8) is 0 Å². The van der Waals surface area contributed by atoms with Crippen molar-refractivity contribution in [2.75, 3.05) is 28.1 Å². The van der Waals surface area contributed by atoms with Crippen LogP contribution in [0, 0.1) is 11.3 Å². The zero-order chi connectivity index (χ0) is 23.3. The summed E-state index contributed by atoms with van der Waals surface area (Å²) >= 11 is 0. The van der Waals surface area contributed by atoms with Gasteiger partial charge in [-0.05, 0) is 36.1 Å². The Labute approximate surface area is 187 Å². The van der Waals surface area contributed by atoms with Crippen LogP contribution >= 0.6 is 0 Å². The van der Waals surface area contributed by atoms with Gasteiger partial charge in [-0.1, -0.05) is 13.0 Å². The van der Waals surface area contributed by atoms with Crippen LogP contribution in [0.15, 0.2) is 36.6 Å². The lowest BCUT2D eigenvalue weighted by Gasteiger charge is -2.42. The molecule has 1 aromatic carbocycles. The second-order valence-electron chi connectivity index (χ2n) is 8.32. The summed E-state index contributed by atoms with van der Waals surface area (Å²) in [5.41, 5.74) is -1.69. The van der Waals surface area contributed by atoms with Crippen LogP contribution in [0.25, 0.3) is 0 Å². The van der Waals surface area contributed by atoms with Crippen LogP contribution in [0.4, 0.5) is 0 Å². The van der Waals surface area contributed by atoms with Crippen molar-refractivity contribution in [3.05, 3.63) is 42.2 Å². The van der Waals surface area contributed by atoms with Crippen LogP contribution in [0.5, 0.6) is 17.2 Å². The van der Waals surface area contributed by atoms with Gasteiger partial charge in [0.2, 0.25) is 12.5 Å². The Morgan fingerprint density at radius 1 is 1.25 bits per heavy atom. The smallest absolute Gasteiger partial charge is 0.303 e. The monoisotopic (exact) mass is 444 g/mol. The van der Waals surface area contributed by atoms with Crippen LogP contribution in [-0.4, -0.2) is 51.6 Å². The highest BCUT2D eigenvalue weighted by Gasteiger charge is 2.73. The molecular formula is C24H28O8. The molecule has 32 heavy (non-hydrogen) atoms. The summed E-state index contributed by atoms with van der Waals surface area (Å²) in [5, 5.41) is 0. The highest BCUT2D eigenvalue weighted by Crippen LogP contribution is 2.64. The second-order valence-corrected chi connectivity index (χ2v) is 8.32. The fourth-order valence-electron chi connectivity index (χ4n) is 5.65. The van der Waals surface area contributed by atoms with Crippen molar-refractivity contribution in [2.45, 2.75) is 37.9 Å². The number of rotatable bonds is 7. The number of benzene rings is 1. The normalized spacial score (nSPS) is 32.3. The Kier molecular flexibility index (Phi) is 5.45. The third-order valence-electron chi connectivity index (χ3n) is 6.98. The molecule has 0 amide bonds. The number of allylic oxidation sites excluding steroid dienone is 2. The number of methoxy groups -OCH3 is 3. The maximum Gasteiger partial charge on any atom is 0.303 e. The van der Waals surface area contributed by atoms with E-state index < -0.39 is 29.0 Å². The maximum absolute atomic E-state index is 14.1. The summed E-state index contributed by atoms with van der Waals surface area (Å²) in [6, 6.07) is 3.65. The molecule has 1 saturated carbocycles. The van der Waals surface area contributed by atoms with Crippen molar-refractivity contribution in [2.24, 2.45) is 11.3 Å². The zero-order valence-electron chi connectivity index (χ0n) is 18.9. The van der Waals surface area contributed by atoms with Gasteiger partial charge in [-0.3, -0.25) is 9.59 Å². The van der Waals surface area contributed by atoms with Gasteiger partial charge in [0.25, 0.3) is 0 Å². The Morgan fingerprint density at radius 2 is 2.00 bits per heavy atom. The van der Waals surface area contributed by atoms with Gasteiger partial charge in [-0.15, -0.1) is 6.58 Å². The number of carbonyl (C=O) groups is 2. The van der Waals surface area contributed by atoms with Gasteiger partial charge in [0, 0.05) is 20.0 Å². The number of carbonyl (C=O) groups excluding carboxylic acids is 2. The van der Waals surface area contributed by atoms with E-state index in [1.54, 1.807) is 19.3 Å². The summed E-state index contributed by atoms with van der Waals surface area (Å²) in [7, 11) is 4.49. The molecule has 8 nitrogen and oxygen atoms in total. The molecule has 0 unspecified atom stereocenters. The Morgan fingerprint density at radius 3 is 2.59 bits per heavy atom. The van der Waals surface area contributed by atoms with Crippen molar-refractivity contribution < 1.29 is 38.0 Å². The number of ether oxygens (including phenoxy) is 6. The third-order valence-corrected chi connectivity index (χ3v) is 6.98. The maximum atomic E-state index is 14.1. The first kappa shape index (κ1) is 22.2. The first-order valence-corrected chi connectivity index (χ1v) is 10.4. The predicted octanol–water partition coefficient (Wildman–Crippen LogP) is 3.15. The molecule has 0 radical (unpaired) electrons. The SMILES string of the molecule is C=CC[C@]12C=C(OC)[C@@H](OC(C)=O)[C@](OC)(C1=O)[C@@H](c1cc(OC)c3c(c1)OCO3)[C@@H]2C. The fraction of sp³-hybridized carbons (Fsp3) is 0.500. The summed E-state index contributed by atoms with van der Waals surface area (Å²) < 4.78 is 34.0. The van der Waals surface area contributed by atoms with E-state index in [1.165, 1.54) is 21.1 Å². The summed E-state index contributed by atoms with van der Waals surface area (Å²) in [4.78, 5) is 26.2. The van der Waals surface area contributed by atoms with E-state index in [9.17, 15) is 9.59 Å². The average Bonchev–Trinajstić information content (AvgIpc) is 3.29.